The summed E-state index contributed by atoms with van der Waals surface area (Å²) in [6, 6.07) is 1.27. The average molecular weight is 370 g/mol. The molecule has 138 valence electrons. The van der Waals surface area contributed by atoms with Gasteiger partial charge in [0.05, 0.1) is 11.5 Å². The molecule has 1 aliphatic carbocycles. The number of carbonyl (C=O) groups is 2. The van der Waals surface area contributed by atoms with Gasteiger partial charge in [-0.25, -0.2) is 12.7 Å². The topological polar surface area (TPSA) is 108 Å². The van der Waals surface area contributed by atoms with Crippen molar-refractivity contribution < 1.29 is 27.5 Å². The number of amides is 1. The molecule has 0 radical (unpaired) electrons. The van der Waals surface area contributed by atoms with Crippen LogP contribution in [0.3, 0.4) is 0 Å². The van der Waals surface area contributed by atoms with Gasteiger partial charge in [-0.15, -0.1) is 0 Å². The van der Waals surface area contributed by atoms with E-state index in [1.165, 1.54) is 20.2 Å². The lowest BCUT2D eigenvalue weighted by molar-refractivity contribution is -0.139. The van der Waals surface area contributed by atoms with E-state index >= 15 is 0 Å². The number of furan rings is 1. The summed E-state index contributed by atoms with van der Waals surface area (Å²) >= 11 is 0. The van der Waals surface area contributed by atoms with Crippen molar-refractivity contribution in [2.75, 3.05) is 27.2 Å². The minimum atomic E-state index is -3.74. The van der Waals surface area contributed by atoms with Gasteiger partial charge in [0.25, 0.3) is 15.9 Å². The van der Waals surface area contributed by atoms with Crippen molar-refractivity contribution in [1.82, 2.24) is 9.21 Å². The number of carboxylic acid groups (broad SMARTS) is 1. The van der Waals surface area contributed by atoms with E-state index in [0.29, 0.717) is 32.4 Å². The number of aryl methyl sites for hydroxylation is 1. The molecule has 0 bridgehead atoms. The quantitative estimate of drug-likeness (QED) is 0.852. The number of hydrogen-bond donors (Lipinski definition) is 1. The zero-order valence-electron chi connectivity index (χ0n) is 14.5. The van der Waals surface area contributed by atoms with Crippen LogP contribution < -0.4 is 0 Å². The minimum absolute atomic E-state index is 0.159. The third kappa shape index (κ3) is 2.95. The van der Waals surface area contributed by atoms with E-state index in [1.54, 1.807) is 11.8 Å². The molecule has 1 aromatic heterocycles. The fourth-order valence-electron chi connectivity index (χ4n) is 3.55. The third-order valence-corrected chi connectivity index (χ3v) is 7.07. The van der Waals surface area contributed by atoms with Crippen molar-refractivity contribution in [3.05, 3.63) is 17.4 Å². The molecule has 1 N–H and O–H groups in total. The number of piperidine rings is 1. The second-order valence-corrected chi connectivity index (χ2v) is 9.16. The number of nitrogens with zero attached hydrogens (tertiary/aromatic N) is 2. The Morgan fingerprint density at radius 1 is 1.32 bits per heavy atom. The molecule has 1 aromatic rings. The Kier molecular flexibility index (Phi) is 4.19. The molecule has 1 saturated carbocycles. The highest BCUT2D eigenvalue weighted by atomic mass is 32.2. The van der Waals surface area contributed by atoms with Crippen molar-refractivity contribution in [1.29, 1.82) is 0 Å². The zero-order valence-corrected chi connectivity index (χ0v) is 15.3. The molecular weight excluding hydrogens is 348 g/mol. The van der Waals surface area contributed by atoms with Gasteiger partial charge in [-0.3, -0.25) is 9.59 Å². The van der Waals surface area contributed by atoms with Crippen LogP contribution in [0.25, 0.3) is 0 Å². The smallest absolute Gasteiger partial charge is 0.307 e. The van der Waals surface area contributed by atoms with E-state index < -0.39 is 16.0 Å². The molecule has 1 unspecified atom stereocenters. The van der Waals surface area contributed by atoms with Gasteiger partial charge in [-0.2, -0.15) is 0 Å². The third-order valence-electron chi connectivity index (χ3n) is 5.39. The van der Waals surface area contributed by atoms with Crippen LogP contribution in [0.1, 0.15) is 35.4 Å². The summed E-state index contributed by atoms with van der Waals surface area (Å²) in [5.74, 6) is -1.06. The first-order valence-electron chi connectivity index (χ1n) is 8.13. The lowest BCUT2D eigenvalue weighted by atomic mass is 9.90. The Bertz CT molecular complexity index is 818. The van der Waals surface area contributed by atoms with Crippen LogP contribution in [-0.2, 0) is 14.8 Å². The van der Waals surface area contributed by atoms with Crippen LogP contribution in [0, 0.1) is 18.3 Å². The molecule has 0 aromatic carbocycles. The largest absolute Gasteiger partial charge is 0.481 e. The highest BCUT2D eigenvalue weighted by molar-refractivity contribution is 7.88. The summed E-state index contributed by atoms with van der Waals surface area (Å²) in [5, 5.41) is 8.88. The Morgan fingerprint density at radius 2 is 1.92 bits per heavy atom. The fraction of sp³-hybridized carbons (Fsp3) is 0.625. The molecule has 1 atom stereocenters. The SMILES string of the molecule is Cc1oc(S(=O)(=O)N(C)C)cc1C(=O)N1CCC2(CC1)CC2C(=O)O. The summed E-state index contributed by atoms with van der Waals surface area (Å²) in [4.78, 5) is 25.5. The maximum atomic E-state index is 12.7. The fourth-order valence-corrected chi connectivity index (χ4v) is 4.41. The summed E-state index contributed by atoms with van der Waals surface area (Å²) < 4.78 is 30.6. The second-order valence-electron chi connectivity index (χ2n) is 7.07. The zero-order chi connectivity index (χ0) is 18.6. The number of sulfonamides is 1. The molecule has 1 saturated heterocycles. The molecule has 25 heavy (non-hydrogen) atoms. The Labute approximate surface area is 146 Å². The van der Waals surface area contributed by atoms with Crippen molar-refractivity contribution in [2.45, 2.75) is 31.3 Å². The van der Waals surface area contributed by atoms with Gasteiger partial charge < -0.3 is 14.4 Å². The van der Waals surface area contributed by atoms with Crippen LogP contribution >= 0.6 is 0 Å². The summed E-state index contributed by atoms with van der Waals surface area (Å²) in [5.41, 5.74) is 0.0787. The lowest BCUT2D eigenvalue weighted by Gasteiger charge is -2.32. The van der Waals surface area contributed by atoms with E-state index in [2.05, 4.69) is 0 Å². The van der Waals surface area contributed by atoms with E-state index in [-0.39, 0.29) is 33.7 Å². The Morgan fingerprint density at radius 3 is 2.40 bits per heavy atom. The van der Waals surface area contributed by atoms with Crippen molar-refractivity contribution in [2.24, 2.45) is 11.3 Å². The molecule has 1 aliphatic heterocycles. The van der Waals surface area contributed by atoms with Crippen LogP contribution in [0.2, 0.25) is 0 Å². The first-order valence-corrected chi connectivity index (χ1v) is 9.57. The Balaban J connectivity index is 1.73. The standard InChI is InChI=1S/C16H22N2O6S/c1-10-11(8-13(24-10)25(22,23)17(2)3)14(19)18-6-4-16(5-7-18)9-12(16)15(20)21/h8,12H,4-7,9H2,1-3H3,(H,20,21). The molecule has 1 spiro atoms. The van der Waals surface area contributed by atoms with Gasteiger partial charge >= 0.3 is 5.97 Å². The van der Waals surface area contributed by atoms with Crippen molar-refractivity contribution >= 4 is 21.9 Å². The van der Waals surface area contributed by atoms with Gasteiger partial charge in [0.1, 0.15) is 5.76 Å². The minimum Gasteiger partial charge on any atom is -0.481 e. The van der Waals surface area contributed by atoms with Crippen molar-refractivity contribution in [3.63, 3.8) is 0 Å². The normalized spacial score (nSPS) is 22.4. The highest BCUT2D eigenvalue weighted by Gasteiger charge is 2.59. The molecule has 3 rings (SSSR count). The number of rotatable bonds is 4. The monoisotopic (exact) mass is 370 g/mol. The molecule has 8 nitrogen and oxygen atoms in total. The predicted molar refractivity (Wildman–Crippen MR) is 87.6 cm³/mol. The first kappa shape index (κ1) is 17.9. The van der Waals surface area contributed by atoms with Crippen LogP contribution in [0.4, 0.5) is 0 Å². The van der Waals surface area contributed by atoms with Gasteiger partial charge in [-0.05, 0) is 31.6 Å². The molecule has 1 amide bonds. The maximum Gasteiger partial charge on any atom is 0.307 e. The van der Waals surface area contributed by atoms with E-state index in [1.807, 2.05) is 0 Å². The van der Waals surface area contributed by atoms with Gasteiger partial charge in [0.15, 0.2) is 0 Å². The summed E-state index contributed by atoms with van der Waals surface area (Å²) in [6.45, 7) is 2.51. The second kappa shape index (κ2) is 5.84. The highest BCUT2D eigenvalue weighted by Crippen LogP contribution is 2.59. The van der Waals surface area contributed by atoms with Crippen LogP contribution in [0.5, 0.6) is 0 Å². The summed E-state index contributed by atoms with van der Waals surface area (Å²) in [6.07, 6.45) is 2.01. The molecule has 2 fully saturated rings. The number of carboxylic acids is 1. The van der Waals surface area contributed by atoms with Crippen molar-refractivity contribution in [3.8, 4) is 0 Å². The number of hydrogen-bond acceptors (Lipinski definition) is 5. The molecular formula is C16H22N2O6S. The maximum absolute atomic E-state index is 12.7. The number of likely N-dealkylation sites (tertiary alicyclic amines) is 1. The van der Waals surface area contributed by atoms with E-state index in [4.69, 9.17) is 9.52 Å². The van der Waals surface area contributed by atoms with Gasteiger partial charge in [0.2, 0.25) is 5.09 Å². The average Bonchev–Trinajstić information content (AvgIpc) is 3.09. The van der Waals surface area contributed by atoms with Crippen LogP contribution in [-0.4, -0.2) is 61.8 Å². The van der Waals surface area contributed by atoms with E-state index in [0.717, 1.165) is 4.31 Å². The van der Waals surface area contributed by atoms with Gasteiger partial charge in [0, 0.05) is 33.3 Å². The predicted octanol–water partition coefficient (Wildman–Crippen LogP) is 1.17. The Hall–Kier alpha value is -1.87. The lowest BCUT2D eigenvalue weighted by Crippen LogP contribution is -2.40. The first-order chi connectivity index (χ1) is 11.6. The van der Waals surface area contributed by atoms with Gasteiger partial charge in [-0.1, -0.05) is 0 Å². The van der Waals surface area contributed by atoms with Crippen LogP contribution in [0.15, 0.2) is 15.6 Å². The van der Waals surface area contributed by atoms with E-state index in [9.17, 15) is 18.0 Å². The summed E-state index contributed by atoms with van der Waals surface area (Å²) in [7, 11) is -0.945. The molecule has 2 aliphatic rings. The molecule has 9 heteroatoms. The number of carbonyl (C=O) groups excluding carboxylic acids is 1. The number of aliphatic carboxylic acids is 1. The molecule has 2 heterocycles.